The number of benzene rings is 1. The van der Waals surface area contributed by atoms with E-state index < -0.39 is 0 Å². The van der Waals surface area contributed by atoms with Gasteiger partial charge in [-0.25, -0.2) is 0 Å². The Bertz CT molecular complexity index is 875. The summed E-state index contributed by atoms with van der Waals surface area (Å²) >= 11 is 4.84. The number of thiophene rings is 1. The first-order valence-electron chi connectivity index (χ1n) is 7.46. The molecule has 120 valence electrons. The molecule has 0 aliphatic carbocycles. The van der Waals surface area contributed by atoms with Crippen LogP contribution in [0.5, 0.6) is 0 Å². The highest BCUT2D eigenvalue weighted by molar-refractivity contribution is 7.98. The normalized spacial score (nSPS) is 12.2. The maximum absolute atomic E-state index is 12.3. The minimum atomic E-state index is -0.153. The molecule has 23 heavy (non-hydrogen) atoms. The van der Waals surface area contributed by atoms with Crippen molar-refractivity contribution in [2.75, 3.05) is 12.0 Å². The Kier molecular flexibility index (Phi) is 5.35. The first kappa shape index (κ1) is 16.5. The highest BCUT2D eigenvalue weighted by Gasteiger charge is 2.10. The number of rotatable bonds is 5. The van der Waals surface area contributed by atoms with E-state index in [1.54, 1.807) is 23.1 Å². The molecule has 3 nitrogen and oxygen atoms in total. The van der Waals surface area contributed by atoms with Gasteiger partial charge in [0.15, 0.2) is 4.80 Å². The summed E-state index contributed by atoms with van der Waals surface area (Å²) < 4.78 is 3.37. The molecule has 0 saturated carbocycles. The van der Waals surface area contributed by atoms with Gasteiger partial charge in [-0.15, -0.1) is 11.3 Å². The van der Waals surface area contributed by atoms with E-state index in [1.165, 1.54) is 27.1 Å². The number of aromatic nitrogens is 1. The topological polar surface area (TPSA) is 34.4 Å². The summed E-state index contributed by atoms with van der Waals surface area (Å²) in [6.07, 6.45) is 3.11. The van der Waals surface area contributed by atoms with Crippen LogP contribution in [0.15, 0.2) is 40.7 Å². The first-order valence-corrected chi connectivity index (χ1v) is 10.6. The Balaban J connectivity index is 2.11. The Morgan fingerprint density at radius 2 is 2.22 bits per heavy atom. The molecular formula is C17H18N2OS3. The van der Waals surface area contributed by atoms with E-state index in [0.29, 0.717) is 4.88 Å². The zero-order valence-electron chi connectivity index (χ0n) is 13.1. The van der Waals surface area contributed by atoms with Crippen LogP contribution in [-0.2, 0) is 13.0 Å². The van der Waals surface area contributed by atoms with Crippen molar-refractivity contribution < 1.29 is 4.79 Å². The maximum atomic E-state index is 12.3. The van der Waals surface area contributed by atoms with E-state index in [0.717, 1.165) is 23.5 Å². The van der Waals surface area contributed by atoms with Crippen molar-refractivity contribution in [3.63, 3.8) is 0 Å². The van der Waals surface area contributed by atoms with Crippen LogP contribution in [0, 0.1) is 0 Å². The summed E-state index contributed by atoms with van der Waals surface area (Å²) in [6.45, 7) is 3.02. The molecule has 0 saturated heterocycles. The summed E-state index contributed by atoms with van der Waals surface area (Å²) in [5, 5.41) is 1.91. The van der Waals surface area contributed by atoms with Crippen LogP contribution >= 0.6 is 34.4 Å². The third-order valence-electron chi connectivity index (χ3n) is 3.60. The number of hydrogen-bond acceptors (Lipinski definition) is 4. The van der Waals surface area contributed by atoms with Crippen LogP contribution in [-0.4, -0.2) is 22.5 Å². The standard InChI is InChI=1S/C17H18N2OS3/c1-3-12-6-7-13-15(11-12)23-17(19(13)8-10-21-2)18-16(20)14-5-4-9-22-14/h4-7,9,11H,3,8,10H2,1-2H3. The second-order valence-corrected chi connectivity index (χ2v) is 8.02. The molecule has 0 unspecified atom stereocenters. The predicted molar refractivity (Wildman–Crippen MR) is 102 cm³/mol. The lowest BCUT2D eigenvalue weighted by molar-refractivity contribution is 0.100. The molecular weight excluding hydrogens is 344 g/mol. The van der Waals surface area contributed by atoms with Gasteiger partial charge in [-0.1, -0.05) is 30.4 Å². The Hall–Kier alpha value is -1.37. The lowest BCUT2D eigenvalue weighted by Gasteiger charge is -2.04. The van der Waals surface area contributed by atoms with Crippen LogP contribution in [0.25, 0.3) is 10.2 Å². The van der Waals surface area contributed by atoms with Crippen molar-refractivity contribution in [3.05, 3.63) is 51.0 Å². The number of hydrogen-bond donors (Lipinski definition) is 0. The lowest BCUT2D eigenvalue weighted by Crippen LogP contribution is -2.18. The molecule has 0 aliphatic rings. The Morgan fingerprint density at radius 1 is 1.35 bits per heavy atom. The molecule has 0 N–H and O–H groups in total. The number of aryl methyl sites for hydroxylation is 2. The summed E-state index contributed by atoms with van der Waals surface area (Å²) in [4.78, 5) is 18.2. The molecule has 3 aromatic rings. The fourth-order valence-electron chi connectivity index (χ4n) is 2.36. The van der Waals surface area contributed by atoms with E-state index in [9.17, 15) is 4.79 Å². The first-order chi connectivity index (χ1) is 11.2. The van der Waals surface area contributed by atoms with Gasteiger partial charge in [-0.05, 0) is 41.8 Å². The lowest BCUT2D eigenvalue weighted by atomic mass is 10.2. The number of carbonyl (C=O) groups is 1. The maximum Gasteiger partial charge on any atom is 0.289 e. The average molecular weight is 363 g/mol. The SMILES string of the molecule is CCc1ccc2c(c1)sc(=NC(=O)c1cccs1)n2CCSC. The van der Waals surface area contributed by atoms with Gasteiger partial charge in [-0.3, -0.25) is 4.79 Å². The third-order valence-corrected chi connectivity index (χ3v) is 6.09. The largest absolute Gasteiger partial charge is 0.316 e. The number of carbonyl (C=O) groups excluding carboxylic acids is 1. The quantitative estimate of drug-likeness (QED) is 0.673. The molecule has 0 bridgehead atoms. The summed E-state index contributed by atoms with van der Waals surface area (Å²) in [6, 6.07) is 10.2. The summed E-state index contributed by atoms with van der Waals surface area (Å²) in [7, 11) is 0. The zero-order valence-corrected chi connectivity index (χ0v) is 15.6. The molecule has 0 radical (unpaired) electrons. The molecule has 3 rings (SSSR count). The van der Waals surface area contributed by atoms with Crippen LogP contribution in [0.2, 0.25) is 0 Å². The van der Waals surface area contributed by atoms with Crippen LogP contribution < -0.4 is 4.80 Å². The van der Waals surface area contributed by atoms with E-state index in [2.05, 4.69) is 40.9 Å². The number of amides is 1. The average Bonchev–Trinajstić information content (AvgIpc) is 3.20. The van der Waals surface area contributed by atoms with E-state index in [-0.39, 0.29) is 5.91 Å². The Labute approximate surface area is 147 Å². The third kappa shape index (κ3) is 3.59. The molecule has 0 atom stereocenters. The second-order valence-electron chi connectivity index (χ2n) is 5.08. The highest BCUT2D eigenvalue weighted by atomic mass is 32.2. The van der Waals surface area contributed by atoms with Gasteiger partial charge in [0.05, 0.1) is 15.1 Å². The van der Waals surface area contributed by atoms with Gasteiger partial charge < -0.3 is 4.57 Å². The molecule has 2 aromatic heterocycles. The van der Waals surface area contributed by atoms with Gasteiger partial charge in [-0.2, -0.15) is 16.8 Å². The van der Waals surface area contributed by atoms with Crippen LogP contribution in [0.1, 0.15) is 22.2 Å². The van der Waals surface area contributed by atoms with Gasteiger partial charge in [0.1, 0.15) is 0 Å². The van der Waals surface area contributed by atoms with Gasteiger partial charge in [0.2, 0.25) is 0 Å². The van der Waals surface area contributed by atoms with Crippen molar-refractivity contribution in [3.8, 4) is 0 Å². The van der Waals surface area contributed by atoms with Gasteiger partial charge in [0.25, 0.3) is 5.91 Å². The van der Waals surface area contributed by atoms with Crippen molar-refractivity contribution in [1.29, 1.82) is 0 Å². The fraction of sp³-hybridized carbons (Fsp3) is 0.294. The van der Waals surface area contributed by atoms with Gasteiger partial charge >= 0.3 is 0 Å². The van der Waals surface area contributed by atoms with Crippen LogP contribution in [0.3, 0.4) is 0 Å². The molecule has 1 amide bonds. The number of thioether (sulfide) groups is 1. The highest BCUT2D eigenvalue weighted by Crippen LogP contribution is 2.20. The van der Waals surface area contributed by atoms with E-state index >= 15 is 0 Å². The molecule has 1 aromatic carbocycles. The molecule has 0 fully saturated rings. The molecule has 2 heterocycles. The van der Waals surface area contributed by atoms with E-state index in [4.69, 9.17) is 0 Å². The molecule has 0 aliphatic heterocycles. The van der Waals surface area contributed by atoms with Crippen molar-refractivity contribution in [2.45, 2.75) is 19.9 Å². The zero-order chi connectivity index (χ0) is 16.2. The smallest absolute Gasteiger partial charge is 0.289 e. The van der Waals surface area contributed by atoms with Gasteiger partial charge in [0, 0.05) is 12.3 Å². The van der Waals surface area contributed by atoms with Crippen molar-refractivity contribution in [2.24, 2.45) is 4.99 Å². The van der Waals surface area contributed by atoms with Crippen LogP contribution in [0.4, 0.5) is 0 Å². The summed E-state index contributed by atoms with van der Waals surface area (Å²) in [5.41, 5.74) is 2.48. The predicted octanol–water partition coefficient (Wildman–Crippen LogP) is 4.43. The van der Waals surface area contributed by atoms with E-state index in [1.807, 2.05) is 17.5 Å². The summed E-state index contributed by atoms with van der Waals surface area (Å²) in [5.74, 6) is 0.849. The van der Waals surface area contributed by atoms with Crippen molar-refractivity contribution in [1.82, 2.24) is 4.57 Å². The number of thiazole rings is 1. The second kappa shape index (κ2) is 7.47. The minimum Gasteiger partial charge on any atom is -0.316 e. The molecule has 0 spiro atoms. The fourth-order valence-corrected chi connectivity index (χ4v) is 4.45. The molecule has 6 heteroatoms. The van der Waals surface area contributed by atoms with Crippen molar-refractivity contribution >= 4 is 50.6 Å². The monoisotopic (exact) mass is 362 g/mol. The number of nitrogens with zero attached hydrogens (tertiary/aromatic N) is 2. The Morgan fingerprint density at radius 3 is 2.91 bits per heavy atom. The number of fused-ring (bicyclic) bond motifs is 1. The minimum absolute atomic E-state index is 0.153.